The monoisotopic (exact) mass is 196 g/mol. The van der Waals surface area contributed by atoms with E-state index in [1.807, 2.05) is 6.08 Å². The van der Waals surface area contributed by atoms with Crippen molar-refractivity contribution in [1.29, 1.82) is 0 Å². The number of allylic oxidation sites excluding steroid dienone is 1. The minimum atomic E-state index is 0.0286. The van der Waals surface area contributed by atoms with Gasteiger partial charge in [-0.25, -0.2) is 0 Å². The van der Waals surface area contributed by atoms with Gasteiger partial charge in [0.25, 0.3) is 0 Å². The van der Waals surface area contributed by atoms with Gasteiger partial charge in [-0.3, -0.25) is 0 Å². The second-order valence-electron chi connectivity index (χ2n) is 4.45. The number of hydrogen-bond donors (Lipinski definition) is 0. The lowest BCUT2D eigenvalue weighted by atomic mass is 9.82. The van der Waals surface area contributed by atoms with Crippen LogP contribution in [-0.2, 0) is 5.41 Å². The van der Waals surface area contributed by atoms with E-state index in [1.165, 1.54) is 16.3 Å². The van der Waals surface area contributed by atoms with Crippen molar-refractivity contribution in [3.05, 3.63) is 60.7 Å². The second kappa shape index (κ2) is 3.54. The summed E-state index contributed by atoms with van der Waals surface area (Å²) >= 11 is 0. The van der Waals surface area contributed by atoms with E-state index >= 15 is 0 Å². The Bertz CT molecular complexity index is 487. The van der Waals surface area contributed by atoms with Crippen LogP contribution in [-0.4, -0.2) is 0 Å². The van der Waals surface area contributed by atoms with Gasteiger partial charge in [0.15, 0.2) is 0 Å². The minimum absolute atomic E-state index is 0.0286. The standard InChI is InChI=1S/C15H16/c1-4-15(2,3)14-11-7-9-12-8-5-6-10-13(12)14/h4-11H,1H2,2-3H3. The molecule has 76 valence electrons. The van der Waals surface area contributed by atoms with Gasteiger partial charge in [0.1, 0.15) is 0 Å². The van der Waals surface area contributed by atoms with Crippen molar-refractivity contribution in [3.63, 3.8) is 0 Å². The van der Waals surface area contributed by atoms with E-state index in [2.05, 4.69) is 62.9 Å². The molecule has 0 atom stereocenters. The third kappa shape index (κ3) is 1.68. The first-order valence-electron chi connectivity index (χ1n) is 5.27. The quantitative estimate of drug-likeness (QED) is 0.628. The fraction of sp³-hybridized carbons (Fsp3) is 0.200. The summed E-state index contributed by atoms with van der Waals surface area (Å²) in [5, 5.41) is 2.62. The lowest BCUT2D eigenvalue weighted by Crippen LogP contribution is -2.13. The molecule has 0 heteroatoms. The molecule has 0 heterocycles. The maximum absolute atomic E-state index is 3.92. The highest BCUT2D eigenvalue weighted by molar-refractivity contribution is 5.86. The number of hydrogen-bond acceptors (Lipinski definition) is 0. The van der Waals surface area contributed by atoms with Gasteiger partial charge < -0.3 is 0 Å². The Morgan fingerprint density at radius 3 is 2.40 bits per heavy atom. The molecule has 2 aromatic carbocycles. The first kappa shape index (κ1) is 9.97. The third-order valence-corrected chi connectivity index (χ3v) is 2.99. The SMILES string of the molecule is C=CC(C)(C)c1cccc2ccccc12. The number of fused-ring (bicyclic) bond motifs is 1. The summed E-state index contributed by atoms with van der Waals surface area (Å²) < 4.78 is 0. The van der Waals surface area contributed by atoms with Crippen molar-refractivity contribution in [1.82, 2.24) is 0 Å². The molecule has 0 aliphatic heterocycles. The van der Waals surface area contributed by atoms with Crippen molar-refractivity contribution in [2.45, 2.75) is 19.3 Å². The largest absolute Gasteiger partial charge is 0.102 e. The van der Waals surface area contributed by atoms with E-state index in [1.54, 1.807) is 0 Å². The normalized spacial score (nSPS) is 11.6. The van der Waals surface area contributed by atoms with E-state index in [4.69, 9.17) is 0 Å². The summed E-state index contributed by atoms with van der Waals surface area (Å²) in [4.78, 5) is 0. The lowest BCUT2D eigenvalue weighted by Gasteiger charge is -2.22. The van der Waals surface area contributed by atoms with Crippen LogP contribution in [0.5, 0.6) is 0 Å². The van der Waals surface area contributed by atoms with Gasteiger partial charge in [0.2, 0.25) is 0 Å². The van der Waals surface area contributed by atoms with Crippen LogP contribution < -0.4 is 0 Å². The van der Waals surface area contributed by atoms with E-state index in [0.29, 0.717) is 0 Å². The summed E-state index contributed by atoms with van der Waals surface area (Å²) in [5.74, 6) is 0. The van der Waals surface area contributed by atoms with Gasteiger partial charge in [-0.05, 0) is 16.3 Å². The van der Waals surface area contributed by atoms with Crippen LogP contribution >= 0.6 is 0 Å². The van der Waals surface area contributed by atoms with Gasteiger partial charge in [0.05, 0.1) is 0 Å². The summed E-state index contributed by atoms with van der Waals surface area (Å²) in [5.41, 5.74) is 1.37. The maximum Gasteiger partial charge on any atom is 0.00788 e. The topological polar surface area (TPSA) is 0 Å². The predicted octanol–water partition coefficient (Wildman–Crippen LogP) is 4.30. The molecule has 0 nitrogen and oxygen atoms in total. The highest BCUT2D eigenvalue weighted by atomic mass is 14.2. The zero-order valence-corrected chi connectivity index (χ0v) is 9.33. The Morgan fingerprint density at radius 1 is 1.00 bits per heavy atom. The zero-order chi connectivity index (χ0) is 10.9. The number of benzene rings is 2. The first-order valence-corrected chi connectivity index (χ1v) is 5.27. The molecule has 0 amide bonds. The van der Waals surface area contributed by atoms with E-state index in [9.17, 15) is 0 Å². The van der Waals surface area contributed by atoms with Gasteiger partial charge in [-0.2, -0.15) is 0 Å². The van der Waals surface area contributed by atoms with Crippen LogP contribution in [0.2, 0.25) is 0 Å². The van der Waals surface area contributed by atoms with Crippen molar-refractivity contribution in [2.75, 3.05) is 0 Å². The summed E-state index contributed by atoms with van der Waals surface area (Å²) in [6.45, 7) is 8.31. The molecule has 0 bridgehead atoms. The zero-order valence-electron chi connectivity index (χ0n) is 9.33. The average Bonchev–Trinajstić information content (AvgIpc) is 2.28. The molecule has 0 aliphatic rings. The number of rotatable bonds is 2. The van der Waals surface area contributed by atoms with Crippen LogP contribution in [0.25, 0.3) is 10.8 Å². The Kier molecular flexibility index (Phi) is 2.36. The smallest absolute Gasteiger partial charge is 0.00788 e. The van der Waals surface area contributed by atoms with Crippen molar-refractivity contribution >= 4 is 10.8 Å². The van der Waals surface area contributed by atoms with Crippen LogP contribution in [0.3, 0.4) is 0 Å². The molecule has 0 unspecified atom stereocenters. The maximum atomic E-state index is 3.92. The Balaban J connectivity index is 2.76. The van der Waals surface area contributed by atoms with Gasteiger partial charge in [-0.1, -0.05) is 62.4 Å². The first-order chi connectivity index (χ1) is 7.15. The van der Waals surface area contributed by atoms with Crippen LogP contribution in [0.1, 0.15) is 19.4 Å². The summed E-state index contributed by atoms with van der Waals surface area (Å²) in [6, 6.07) is 14.9. The van der Waals surface area contributed by atoms with Gasteiger partial charge in [0, 0.05) is 5.41 Å². The third-order valence-electron chi connectivity index (χ3n) is 2.99. The molecule has 0 saturated carbocycles. The predicted molar refractivity (Wildman–Crippen MR) is 67.2 cm³/mol. The summed E-state index contributed by atoms with van der Waals surface area (Å²) in [6.07, 6.45) is 2.01. The van der Waals surface area contributed by atoms with Crippen molar-refractivity contribution < 1.29 is 0 Å². The van der Waals surface area contributed by atoms with Gasteiger partial charge in [-0.15, -0.1) is 6.58 Å². The Hall–Kier alpha value is -1.56. The lowest BCUT2D eigenvalue weighted by molar-refractivity contribution is 0.678. The molecule has 0 fully saturated rings. The fourth-order valence-electron chi connectivity index (χ4n) is 1.90. The molecular weight excluding hydrogens is 180 g/mol. The average molecular weight is 196 g/mol. The summed E-state index contributed by atoms with van der Waals surface area (Å²) in [7, 11) is 0. The highest BCUT2D eigenvalue weighted by Crippen LogP contribution is 2.30. The molecule has 0 aromatic heterocycles. The second-order valence-corrected chi connectivity index (χ2v) is 4.45. The molecule has 2 rings (SSSR count). The fourth-order valence-corrected chi connectivity index (χ4v) is 1.90. The molecule has 0 radical (unpaired) electrons. The van der Waals surface area contributed by atoms with Crippen LogP contribution in [0.15, 0.2) is 55.1 Å². The van der Waals surface area contributed by atoms with Crippen molar-refractivity contribution in [2.24, 2.45) is 0 Å². The Labute approximate surface area is 91.2 Å². The van der Waals surface area contributed by atoms with Crippen LogP contribution in [0, 0.1) is 0 Å². The molecule has 15 heavy (non-hydrogen) atoms. The minimum Gasteiger partial charge on any atom is -0.102 e. The van der Waals surface area contributed by atoms with E-state index in [0.717, 1.165) is 0 Å². The van der Waals surface area contributed by atoms with Crippen LogP contribution in [0.4, 0.5) is 0 Å². The highest BCUT2D eigenvalue weighted by Gasteiger charge is 2.17. The molecule has 0 saturated heterocycles. The Morgan fingerprint density at radius 2 is 1.67 bits per heavy atom. The van der Waals surface area contributed by atoms with Gasteiger partial charge >= 0.3 is 0 Å². The van der Waals surface area contributed by atoms with Crippen molar-refractivity contribution in [3.8, 4) is 0 Å². The van der Waals surface area contributed by atoms with E-state index < -0.39 is 0 Å². The van der Waals surface area contributed by atoms with E-state index in [-0.39, 0.29) is 5.41 Å². The molecule has 2 aromatic rings. The molecule has 0 spiro atoms. The molecule has 0 aliphatic carbocycles. The molecular formula is C15H16. The molecule has 0 N–H and O–H groups in total.